The van der Waals surface area contributed by atoms with Crippen LogP contribution in [0.3, 0.4) is 0 Å². The van der Waals surface area contributed by atoms with E-state index < -0.39 is 0 Å². The highest BCUT2D eigenvalue weighted by Crippen LogP contribution is 2.19. The van der Waals surface area contributed by atoms with Crippen LogP contribution in [0.15, 0.2) is 6.20 Å². The van der Waals surface area contributed by atoms with Crippen molar-refractivity contribution in [3.8, 4) is 0 Å². The number of hydrogen-bond donors (Lipinski definition) is 1. The Morgan fingerprint density at radius 1 is 1.64 bits per heavy atom. The third-order valence-electron chi connectivity index (χ3n) is 2.87. The molecule has 0 saturated heterocycles. The van der Waals surface area contributed by atoms with E-state index in [0.29, 0.717) is 0 Å². The summed E-state index contributed by atoms with van der Waals surface area (Å²) < 4.78 is 2.28. The number of rotatable bonds is 3. The van der Waals surface area contributed by atoms with Crippen LogP contribution in [-0.4, -0.2) is 21.3 Å². The standard InChI is InChI=1S/C11H18N2O/c1-9-4-5-11-12-10(3-2-6-14)8-13(11)7-9/h8-9,14H,2-7H2,1H3. The van der Waals surface area contributed by atoms with Gasteiger partial charge in [0.05, 0.1) is 5.69 Å². The first-order valence-corrected chi connectivity index (χ1v) is 5.45. The van der Waals surface area contributed by atoms with Crippen molar-refractivity contribution in [1.29, 1.82) is 0 Å². The first kappa shape index (κ1) is 9.71. The number of aliphatic hydroxyl groups is 1. The number of aromatic nitrogens is 2. The van der Waals surface area contributed by atoms with Crippen molar-refractivity contribution in [2.24, 2.45) is 5.92 Å². The van der Waals surface area contributed by atoms with Gasteiger partial charge >= 0.3 is 0 Å². The molecular weight excluding hydrogens is 176 g/mol. The van der Waals surface area contributed by atoms with Gasteiger partial charge in [-0.05, 0) is 25.2 Å². The molecule has 1 aliphatic rings. The highest BCUT2D eigenvalue weighted by atomic mass is 16.2. The van der Waals surface area contributed by atoms with Crippen LogP contribution in [0.2, 0.25) is 0 Å². The van der Waals surface area contributed by atoms with Crippen LogP contribution in [-0.2, 0) is 19.4 Å². The Morgan fingerprint density at radius 3 is 3.29 bits per heavy atom. The van der Waals surface area contributed by atoms with Crippen LogP contribution in [0.4, 0.5) is 0 Å². The van der Waals surface area contributed by atoms with Crippen molar-refractivity contribution < 1.29 is 5.11 Å². The summed E-state index contributed by atoms with van der Waals surface area (Å²) in [5.41, 5.74) is 1.14. The summed E-state index contributed by atoms with van der Waals surface area (Å²) in [7, 11) is 0. The van der Waals surface area contributed by atoms with Crippen molar-refractivity contribution in [2.45, 2.75) is 39.2 Å². The molecule has 1 aromatic heterocycles. The fourth-order valence-corrected chi connectivity index (χ4v) is 2.05. The Balaban J connectivity index is 2.07. The number of hydrogen-bond acceptors (Lipinski definition) is 2. The van der Waals surface area contributed by atoms with Crippen molar-refractivity contribution >= 4 is 0 Å². The zero-order chi connectivity index (χ0) is 9.97. The maximum absolute atomic E-state index is 8.74. The van der Waals surface area contributed by atoms with Crippen molar-refractivity contribution in [3.63, 3.8) is 0 Å². The van der Waals surface area contributed by atoms with Gasteiger partial charge in [0, 0.05) is 25.8 Å². The van der Waals surface area contributed by atoms with Crippen LogP contribution in [0.1, 0.15) is 31.3 Å². The Hall–Kier alpha value is -0.830. The van der Waals surface area contributed by atoms with Gasteiger partial charge in [-0.1, -0.05) is 6.92 Å². The van der Waals surface area contributed by atoms with E-state index in [1.54, 1.807) is 0 Å². The Bertz CT molecular complexity index is 306. The minimum atomic E-state index is 0.262. The van der Waals surface area contributed by atoms with Gasteiger partial charge in [0.1, 0.15) is 5.82 Å². The molecule has 0 aromatic carbocycles. The maximum atomic E-state index is 8.74. The van der Waals surface area contributed by atoms with E-state index in [1.807, 2.05) is 0 Å². The molecule has 1 aromatic rings. The lowest BCUT2D eigenvalue weighted by molar-refractivity contribution is 0.288. The van der Waals surface area contributed by atoms with E-state index >= 15 is 0 Å². The van der Waals surface area contributed by atoms with Crippen molar-refractivity contribution in [3.05, 3.63) is 17.7 Å². The van der Waals surface area contributed by atoms with Crippen LogP contribution in [0, 0.1) is 5.92 Å². The molecule has 1 aliphatic heterocycles. The minimum Gasteiger partial charge on any atom is -0.396 e. The molecule has 2 rings (SSSR count). The summed E-state index contributed by atoms with van der Waals surface area (Å²) >= 11 is 0. The molecule has 1 unspecified atom stereocenters. The molecule has 2 heterocycles. The summed E-state index contributed by atoms with van der Waals surface area (Å²) in [5.74, 6) is 2.01. The van der Waals surface area contributed by atoms with Gasteiger partial charge in [0.15, 0.2) is 0 Å². The SMILES string of the molecule is CC1CCc2nc(CCCO)cn2C1. The fourth-order valence-electron chi connectivity index (χ4n) is 2.05. The molecule has 0 radical (unpaired) electrons. The van der Waals surface area contributed by atoms with Gasteiger partial charge in [-0.2, -0.15) is 0 Å². The lowest BCUT2D eigenvalue weighted by atomic mass is 10.0. The van der Waals surface area contributed by atoms with Gasteiger partial charge in [-0.25, -0.2) is 4.98 Å². The number of aryl methyl sites for hydroxylation is 2. The highest BCUT2D eigenvalue weighted by Gasteiger charge is 2.16. The van der Waals surface area contributed by atoms with E-state index in [0.717, 1.165) is 37.4 Å². The summed E-state index contributed by atoms with van der Waals surface area (Å²) in [5, 5.41) is 8.74. The Kier molecular flexibility index (Phi) is 2.87. The molecule has 0 bridgehead atoms. The summed E-state index contributed by atoms with van der Waals surface area (Å²) in [4.78, 5) is 4.57. The number of nitrogens with zero attached hydrogens (tertiary/aromatic N) is 2. The van der Waals surface area contributed by atoms with Gasteiger partial charge in [-0.3, -0.25) is 0 Å². The molecule has 78 valence electrons. The Labute approximate surface area is 84.8 Å². The summed E-state index contributed by atoms with van der Waals surface area (Å²) in [6.45, 7) is 3.66. The molecule has 3 heteroatoms. The quantitative estimate of drug-likeness (QED) is 0.789. The number of aliphatic hydroxyl groups excluding tert-OH is 1. The molecule has 0 saturated carbocycles. The molecule has 1 atom stereocenters. The number of imidazole rings is 1. The van der Waals surface area contributed by atoms with E-state index in [-0.39, 0.29) is 6.61 Å². The monoisotopic (exact) mass is 194 g/mol. The zero-order valence-corrected chi connectivity index (χ0v) is 8.74. The third-order valence-corrected chi connectivity index (χ3v) is 2.87. The molecule has 0 amide bonds. The zero-order valence-electron chi connectivity index (χ0n) is 8.74. The molecule has 0 fully saturated rings. The van der Waals surface area contributed by atoms with Crippen molar-refractivity contribution in [2.75, 3.05) is 6.61 Å². The van der Waals surface area contributed by atoms with Gasteiger partial charge < -0.3 is 9.67 Å². The summed E-state index contributed by atoms with van der Waals surface area (Å²) in [6, 6.07) is 0. The molecule has 0 spiro atoms. The largest absolute Gasteiger partial charge is 0.396 e. The van der Waals surface area contributed by atoms with Gasteiger partial charge in [0.25, 0.3) is 0 Å². The highest BCUT2D eigenvalue weighted by molar-refractivity contribution is 5.06. The fraction of sp³-hybridized carbons (Fsp3) is 0.727. The van der Waals surface area contributed by atoms with Crippen molar-refractivity contribution in [1.82, 2.24) is 9.55 Å². The predicted octanol–water partition coefficient (Wildman–Crippen LogP) is 1.39. The van der Waals surface area contributed by atoms with E-state index in [9.17, 15) is 0 Å². The van der Waals surface area contributed by atoms with E-state index in [4.69, 9.17) is 5.11 Å². The minimum absolute atomic E-state index is 0.262. The molecule has 3 nitrogen and oxygen atoms in total. The van der Waals surface area contributed by atoms with Crippen LogP contribution >= 0.6 is 0 Å². The topological polar surface area (TPSA) is 38.1 Å². The van der Waals surface area contributed by atoms with Gasteiger partial charge in [-0.15, -0.1) is 0 Å². The average molecular weight is 194 g/mol. The summed E-state index contributed by atoms with van der Waals surface area (Å²) in [6.07, 6.45) is 6.26. The van der Waals surface area contributed by atoms with E-state index in [2.05, 4.69) is 22.7 Å². The molecular formula is C11H18N2O. The normalized spacial score (nSPS) is 20.9. The Morgan fingerprint density at radius 2 is 2.50 bits per heavy atom. The van der Waals surface area contributed by atoms with E-state index in [1.165, 1.54) is 12.2 Å². The lowest BCUT2D eigenvalue weighted by Crippen LogP contribution is -2.17. The van der Waals surface area contributed by atoms with Crippen LogP contribution in [0.5, 0.6) is 0 Å². The average Bonchev–Trinajstić information content (AvgIpc) is 2.56. The first-order valence-electron chi connectivity index (χ1n) is 5.45. The van der Waals surface area contributed by atoms with Crippen LogP contribution in [0.25, 0.3) is 0 Å². The second kappa shape index (κ2) is 4.13. The smallest absolute Gasteiger partial charge is 0.108 e. The second-order valence-corrected chi connectivity index (χ2v) is 4.27. The van der Waals surface area contributed by atoms with Crippen LogP contribution < -0.4 is 0 Å². The predicted molar refractivity (Wildman–Crippen MR) is 55.1 cm³/mol. The maximum Gasteiger partial charge on any atom is 0.108 e. The molecule has 1 N–H and O–H groups in total. The molecule has 14 heavy (non-hydrogen) atoms. The number of fused-ring (bicyclic) bond motifs is 1. The first-order chi connectivity index (χ1) is 6.79. The molecule has 0 aliphatic carbocycles. The lowest BCUT2D eigenvalue weighted by Gasteiger charge is -2.19. The van der Waals surface area contributed by atoms with Gasteiger partial charge in [0.2, 0.25) is 0 Å². The second-order valence-electron chi connectivity index (χ2n) is 4.27. The third kappa shape index (κ3) is 1.98.